The van der Waals surface area contributed by atoms with Crippen LogP contribution in [0.15, 0.2) is 47.6 Å². The van der Waals surface area contributed by atoms with Gasteiger partial charge in [0.1, 0.15) is 23.3 Å². The number of aryl methyl sites for hydroxylation is 1. The summed E-state index contributed by atoms with van der Waals surface area (Å²) in [6.07, 6.45) is 1.90. The Morgan fingerprint density at radius 1 is 1.28 bits per heavy atom. The Labute approximate surface area is 169 Å². The number of nitrogens with zero attached hydrogens (tertiary/aromatic N) is 5. The summed E-state index contributed by atoms with van der Waals surface area (Å²) in [5.74, 6) is 1.55. The number of benzene rings is 1. The maximum atomic E-state index is 13.1. The third-order valence-corrected chi connectivity index (χ3v) is 5.04. The first-order valence-electron chi connectivity index (χ1n) is 9.52. The van der Waals surface area contributed by atoms with E-state index in [1.165, 1.54) is 9.80 Å². The van der Waals surface area contributed by atoms with Crippen molar-refractivity contribution in [3.8, 4) is 11.4 Å². The van der Waals surface area contributed by atoms with Gasteiger partial charge >= 0.3 is 12.0 Å². The summed E-state index contributed by atoms with van der Waals surface area (Å²) in [6, 6.07) is 6.66. The molecule has 3 heterocycles. The maximum Gasteiger partial charge on any atom is 0.406 e. The molecule has 4 rings (SSSR count). The van der Waals surface area contributed by atoms with Crippen molar-refractivity contribution < 1.29 is 18.9 Å². The summed E-state index contributed by atoms with van der Waals surface area (Å²) >= 11 is 0. The van der Waals surface area contributed by atoms with Crippen molar-refractivity contribution in [2.24, 2.45) is 4.99 Å². The molecule has 2 aliphatic rings. The lowest BCUT2D eigenvalue weighted by molar-refractivity contribution is -0.676. The molecule has 0 bridgehead atoms. The van der Waals surface area contributed by atoms with Gasteiger partial charge in [-0.05, 0) is 45.0 Å². The van der Waals surface area contributed by atoms with Gasteiger partial charge in [0.15, 0.2) is 0 Å². The number of aliphatic imine (C=N–C) groups is 1. The van der Waals surface area contributed by atoms with Crippen molar-refractivity contribution in [2.45, 2.75) is 26.8 Å². The molecular formula is C21H24N5O3+. The molecule has 0 N–H and O–H groups in total. The lowest BCUT2D eigenvalue weighted by Crippen LogP contribution is -2.62. The average molecular weight is 394 g/mol. The minimum Gasteiger partial charge on any atom is -0.494 e. The lowest BCUT2D eigenvalue weighted by atomic mass is 10.1. The smallest absolute Gasteiger partial charge is 0.406 e. The fraction of sp³-hybridized carbons (Fsp3) is 0.333. The molecule has 29 heavy (non-hydrogen) atoms. The van der Waals surface area contributed by atoms with Crippen LogP contribution < -0.4 is 9.30 Å². The van der Waals surface area contributed by atoms with Gasteiger partial charge in [0.2, 0.25) is 11.9 Å². The third-order valence-electron chi connectivity index (χ3n) is 5.04. The van der Waals surface area contributed by atoms with Crippen LogP contribution >= 0.6 is 0 Å². The minimum absolute atomic E-state index is 0.195. The highest BCUT2D eigenvalue weighted by atomic mass is 16.5. The summed E-state index contributed by atoms with van der Waals surface area (Å²) in [5, 5.41) is 0. The monoisotopic (exact) mass is 394 g/mol. The zero-order valence-corrected chi connectivity index (χ0v) is 17.0. The molecule has 1 aromatic carbocycles. The lowest BCUT2D eigenvalue weighted by Gasteiger charge is -2.33. The molecule has 1 saturated heterocycles. The molecule has 2 aliphatic heterocycles. The molecule has 1 atom stereocenters. The number of urea groups is 1. The number of carbonyl (C=O) groups excluding carboxylic acids is 2. The summed E-state index contributed by atoms with van der Waals surface area (Å²) in [6.45, 7) is 10.3. The second kappa shape index (κ2) is 6.88. The molecule has 150 valence electrons. The van der Waals surface area contributed by atoms with E-state index in [4.69, 9.17) is 4.74 Å². The van der Waals surface area contributed by atoms with E-state index in [-0.39, 0.29) is 18.5 Å². The molecule has 0 radical (unpaired) electrons. The molecule has 0 spiro atoms. The number of amides is 3. The Kier molecular flexibility index (Phi) is 4.49. The second-order valence-corrected chi connectivity index (χ2v) is 7.34. The summed E-state index contributed by atoms with van der Waals surface area (Å²) in [7, 11) is 1.65. The van der Waals surface area contributed by atoms with Crippen molar-refractivity contribution in [1.82, 2.24) is 14.4 Å². The molecular weight excluding hydrogens is 370 g/mol. The number of hydrogen-bond acceptors (Lipinski definition) is 4. The number of fused-ring (bicyclic) bond motifs is 3. The van der Waals surface area contributed by atoms with E-state index in [0.29, 0.717) is 18.4 Å². The Bertz CT molecular complexity index is 1050. The van der Waals surface area contributed by atoms with Crippen LogP contribution in [-0.2, 0) is 4.79 Å². The van der Waals surface area contributed by atoms with E-state index in [0.717, 1.165) is 22.7 Å². The van der Waals surface area contributed by atoms with E-state index in [1.54, 1.807) is 14.0 Å². The van der Waals surface area contributed by atoms with Gasteiger partial charge in [0.05, 0.1) is 13.2 Å². The Morgan fingerprint density at radius 3 is 2.59 bits per heavy atom. The molecule has 3 amide bonds. The number of amidine groups is 1. The number of likely N-dealkylation sites (N-methyl/N-ethyl adjacent to an activating group) is 1. The van der Waals surface area contributed by atoms with Gasteiger partial charge in [-0.25, -0.2) is 9.36 Å². The van der Waals surface area contributed by atoms with Gasteiger partial charge in [-0.1, -0.05) is 17.1 Å². The Morgan fingerprint density at radius 2 is 1.97 bits per heavy atom. The number of ether oxygens (including phenoxy) is 1. The van der Waals surface area contributed by atoms with Gasteiger partial charge in [0.25, 0.3) is 5.91 Å². The second-order valence-electron chi connectivity index (χ2n) is 7.34. The van der Waals surface area contributed by atoms with Gasteiger partial charge < -0.3 is 4.74 Å². The van der Waals surface area contributed by atoms with Crippen LogP contribution in [0.25, 0.3) is 5.69 Å². The number of hydrogen-bond donors (Lipinski definition) is 0. The van der Waals surface area contributed by atoms with Crippen molar-refractivity contribution in [1.29, 1.82) is 0 Å². The predicted molar refractivity (Wildman–Crippen MR) is 108 cm³/mol. The zero-order valence-electron chi connectivity index (χ0n) is 17.0. The van der Waals surface area contributed by atoms with Crippen molar-refractivity contribution >= 4 is 23.7 Å². The number of carbonyl (C=O) groups is 2. The fourth-order valence-electron chi connectivity index (χ4n) is 3.78. The number of rotatable bonds is 5. The van der Waals surface area contributed by atoms with E-state index in [9.17, 15) is 9.59 Å². The highest BCUT2D eigenvalue weighted by molar-refractivity contribution is 6.19. The van der Waals surface area contributed by atoms with Crippen LogP contribution in [0, 0.1) is 6.92 Å². The van der Waals surface area contributed by atoms with Gasteiger partial charge in [-0.2, -0.15) is 4.57 Å². The normalized spacial score (nSPS) is 17.9. The van der Waals surface area contributed by atoms with E-state index in [2.05, 4.69) is 11.6 Å². The molecule has 1 fully saturated rings. The van der Waals surface area contributed by atoms with E-state index in [1.807, 2.05) is 53.4 Å². The summed E-state index contributed by atoms with van der Waals surface area (Å²) < 4.78 is 9.32. The summed E-state index contributed by atoms with van der Waals surface area (Å²) in [5.41, 5.74) is 2.58. The van der Waals surface area contributed by atoms with Crippen LogP contribution in [-0.4, -0.2) is 52.3 Å². The quantitative estimate of drug-likeness (QED) is 0.578. The highest BCUT2D eigenvalue weighted by Gasteiger charge is 2.53. The SMILES string of the molecule is C=C(C)CN1C(=O)C2C(=Nc3n(-c4ccc(OCC)cc4)c(C)c[n+]32)N(C)C1=O. The first-order valence-corrected chi connectivity index (χ1v) is 9.52. The average Bonchev–Trinajstić information content (AvgIpc) is 3.19. The first kappa shape index (κ1) is 18.9. The van der Waals surface area contributed by atoms with Gasteiger partial charge in [0, 0.05) is 7.05 Å². The summed E-state index contributed by atoms with van der Waals surface area (Å²) in [4.78, 5) is 33.2. The zero-order chi connectivity index (χ0) is 20.9. The van der Waals surface area contributed by atoms with Gasteiger partial charge in [-0.15, -0.1) is 0 Å². The number of aromatic nitrogens is 2. The topological polar surface area (TPSA) is 71.0 Å². The van der Waals surface area contributed by atoms with Crippen molar-refractivity contribution in [2.75, 3.05) is 20.2 Å². The van der Waals surface area contributed by atoms with Crippen LogP contribution in [0.2, 0.25) is 0 Å². The van der Waals surface area contributed by atoms with Gasteiger partial charge in [-0.3, -0.25) is 14.6 Å². The number of imidazole rings is 1. The molecule has 8 nitrogen and oxygen atoms in total. The number of imide groups is 1. The molecule has 0 aliphatic carbocycles. The molecule has 2 aromatic rings. The largest absolute Gasteiger partial charge is 0.494 e. The van der Waals surface area contributed by atoms with Crippen LogP contribution in [0.1, 0.15) is 25.6 Å². The van der Waals surface area contributed by atoms with E-state index >= 15 is 0 Å². The van der Waals surface area contributed by atoms with Crippen LogP contribution in [0.4, 0.5) is 10.7 Å². The van der Waals surface area contributed by atoms with E-state index < -0.39 is 6.04 Å². The van der Waals surface area contributed by atoms with Crippen LogP contribution in [0.3, 0.4) is 0 Å². The third kappa shape index (κ3) is 2.91. The fourth-order valence-corrected chi connectivity index (χ4v) is 3.78. The molecule has 8 heteroatoms. The van der Waals surface area contributed by atoms with Crippen molar-refractivity contribution in [3.63, 3.8) is 0 Å². The maximum absolute atomic E-state index is 13.1. The standard InChI is InChI=1S/C21H24N5O3/c1-6-29-16-9-7-15(8-10-16)26-14(4)12-24-17-18(22-20(24)26)23(5)21(28)25(19(17)27)11-13(2)3/h7-10,12,17H,2,6,11H2,1,3-5H3/q+1. The Hall–Kier alpha value is -3.42. The van der Waals surface area contributed by atoms with Crippen molar-refractivity contribution in [3.05, 3.63) is 48.3 Å². The molecule has 0 saturated carbocycles. The first-order chi connectivity index (χ1) is 13.8. The minimum atomic E-state index is -0.658. The molecule has 1 unspecified atom stereocenters. The predicted octanol–water partition coefficient (Wildman–Crippen LogP) is 2.53. The Balaban J connectivity index is 1.78. The highest BCUT2D eigenvalue weighted by Crippen LogP contribution is 2.31. The van der Waals surface area contributed by atoms with Crippen LogP contribution in [0.5, 0.6) is 5.75 Å². The molecule has 1 aromatic heterocycles.